The summed E-state index contributed by atoms with van der Waals surface area (Å²) < 4.78 is 12.3. The molecule has 0 spiro atoms. The van der Waals surface area contributed by atoms with Crippen molar-refractivity contribution < 1.29 is 9.47 Å². The number of hydrogen-bond donors (Lipinski definition) is 0. The smallest absolute Gasteiger partial charge is 0.0931 e. The molecule has 3 aromatic rings. The van der Waals surface area contributed by atoms with Crippen molar-refractivity contribution in [2.24, 2.45) is 0 Å². The minimum Gasteiger partial charge on any atom is -0.376 e. The lowest BCUT2D eigenvalue weighted by atomic mass is 9.79. The number of rotatable bonds is 8. The number of pyridine rings is 3. The average molecular weight is 634 g/mol. The van der Waals surface area contributed by atoms with E-state index in [4.69, 9.17) is 24.4 Å². The quantitative estimate of drug-likeness (QED) is 0.232. The van der Waals surface area contributed by atoms with Gasteiger partial charge < -0.3 is 9.47 Å². The molecule has 0 N–H and O–H groups in total. The molecule has 3 heterocycles. The molecule has 47 heavy (non-hydrogen) atoms. The Bertz CT molecular complexity index is 1700. The summed E-state index contributed by atoms with van der Waals surface area (Å²) in [6.45, 7) is 18.9. The van der Waals surface area contributed by atoms with Gasteiger partial charge in [-0.25, -0.2) is 9.97 Å². The fraction of sp³-hybridized carbons (Fsp3) is 0.595. The zero-order valence-electron chi connectivity index (χ0n) is 30.0. The molecule has 250 valence electrons. The van der Waals surface area contributed by atoms with Crippen LogP contribution in [0.4, 0.5) is 0 Å². The van der Waals surface area contributed by atoms with Gasteiger partial charge >= 0.3 is 0 Å². The molecule has 0 saturated heterocycles. The summed E-state index contributed by atoms with van der Waals surface area (Å²) in [4.78, 5) is 16.5. The number of aryl methyl sites for hydroxylation is 3. The molecule has 5 heteroatoms. The molecule has 0 bridgehead atoms. The maximum atomic E-state index is 6.15. The van der Waals surface area contributed by atoms with E-state index in [1.807, 2.05) is 0 Å². The standard InChI is InChI=1S/C42H55N3O2/c1-26-13-10-15-32-30(17-12-24-47-42(5,6)7)34-22-20-28-25-27-19-21-33-29(16-11-23-46-41(2,3)4)31-14-8-9-18-35(31)43-39(33)37(27)45-38(28)40(34)44-36(26)32/h25H,1,8-24H2,2-7H3. The molecule has 0 fully saturated rings. The van der Waals surface area contributed by atoms with Gasteiger partial charge in [0.1, 0.15) is 0 Å². The summed E-state index contributed by atoms with van der Waals surface area (Å²) >= 11 is 0. The maximum absolute atomic E-state index is 6.15. The van der Waals surface area contributed by atoms with Crippen LogP contribution < -0.4 is 0 Å². The Kier molecular flexibility index (Phi) is 8.93. The highest BCUT2D eigenvalue weighted by Gasteiger charge is 2.32. The number of hydrogen-bond acceptors (Lipinski definition) is 5. The first-order valence-corrected chi connectivity index (χ1v) is 18.5. The van der Waals surface area contributed by atoms with Crippen molar-refractivity contribution in [2.75, 3.05) is 13.2 Å². The minimum absolute atomic E-state index is 0.102. The van der Waals surface area contributed by atoms with E-state index < -0.39 is 0 Å². The van der Waals surface area contributed by atoms with E-state index >= 15 is 0 Å². The third kappa shape index (κ3) is 6.72. The topological polar surface area (TPSA) is 57.1 Å². The van der Waals surface area contributed by atoms with Gasteiger partial charge in [0, 0.05) is 18.9 Å². The molecule has 4 aliphatic carbocycles. The van der Waals surface area contributed by atoms with Crippen molar-refractivity contribution >= 4 is 5.57 Å². The van der Waals surface area contributed by atoms with Crippen LogP contribution >= 0.6 is 0 Å². The molecule has 0 aliphatic heterocycles. The first kappa shape index (κ1) is 32.6. The Morgan fingerprint density at radius 1 is 0.553 bits per heavy atom. The van der Waals surface area contributed by atoms with Gasteiger partial charge in [0.05, 0.1) is 39.7 Å². The van der Waals surface area contributed by atoms with Crippen molar-refractivity contribution in [3.8, 4) is 22.8 Å². The number of allylic oxidation sites excluding steroid dienone is 1. The summed E-state index contributed by atoms with van der Waals surface area (Å²) in [5.74, 6) is 0. The number of ether oxygens (including phenoxy) is 2. The Morgan fingerprint density at radius 2 is 1.06 bits per heavy atom. The first-order valence-electron chi connectivity index (χ1n) is 18.5. The number of fused-ring (bicyclic) bond motifs is 8. The lowest BCUT2D eigenvalue weighted by Gasteiger charge is -2.31. The van der Waals surface area contributed by atoms with E-state index in [2.05, 4.69) is 54.2 Å². The third-order valence-corrected chi connectivity index (χ3v) is 10.6. The predicted molar refractivity (Wildman–Crippen MR) is 192 cm³/mol. The van der Waals surface area contributed by atoms with Crippen LogP contribution in [0.5, 0.6) is 0 Å². The van der Waals surface area contributed by atoms with E-state index in [1.165, 1.54) is 63.1 Å². The van der Waals surface area contributed by atoms with Gasteiger partial charge in [-0.1, -0.05) is 12.6 Å². The lowest BCUT2D eigenvalue weighted by molar-refractivity contribution is -0.00423. The molecule has 0 aromatic carbocycles. The Morgan fingerprint density at radius 3 is 1.68 bits per heavy atom. The fourth-order valence-electron chi connectivity index (χ4n) is 8.44. The van der Waals surface area contributed by atoms with E-state index in [0.29, 0.717) is 0 Å². The first-order chi connectivity index (χ1) is 22.5. The van der Waals surface area contributed by atoms with Crippen LogP contribution in [0, 0.1) is 0 Å². The van der Waals surface area contributed by atoms with Gasteiger partial charge in [-0.15, -0.1) is 0 Å². The molecule has 0 atom stereocenters. The van der Waals surface area contributed by atoms with Crippen LogP contribution in [-0.4, -0.2) is 39.4 Å². The highest BCUT2D eigenvalue weighted by atomic mass is 16.5. The zero-order chi connectivity index (χ0) is 32.9. The van der Waals surface area contributed by atoms with Crippen LogP contribution in [0.25, 0.3) is 28.3 Å². The van der Waals surface area contributed by atoms with Gasteiger partial charge in [-0.05, 0) is 188 Å². The molecule has 5 nitrogen and oxygen atoms in total. The van der Waals surface area contributed by atoms with Gasteiger partial charge in [0.15, 0.2) is 0 Å². The van der Waals surface area contributed by atoms with Crippen molar-refractivity contribution in [1.82, 2.24) is 15.0 Å². The molecule has 0 unspecified atom stereocenters. The zero-order valence-corrected chi connectivity index (χ0v) is 30.0. The lowest BCUT2D eigenvalue weighted by Crippen LogP contribution is -2.22. The highest BCUT2D eigenvalue weighted by Crippen LogP contribution is 2.44. The van der Waals surface area contributed by atoms with E-state index in [0.717, 1.165) is 125 Å². The van der Waals surface area contributed by atoms with Crippen molar-refractivity contribution in [1.29, 1.82) is 0 Å². The largest absolute Gasteiger partial charge is 0.376 e. The maximum Gasteiger partial charge on any atom is 0.0931 e. The average Bonchev–Trinajstić information content (AvgIpc) is 3.02. The number of aromatic nitrogens is 3. The molecule has 0 amide bonds. The summed E-state index contributed by atoms with van der Waals surface area (Å²) in [6.07, 6.45) is 16.3. The van der Waals surface area contributed by atoms with Crippen LogP contribution in [0.3, 0.4) is 0 Å². The summed E-state index contributed by atoms with van der Waals surface area (Å²) in [7, 11) is 0. The van der Waals surface area contributed by atoms with E-state index in [-0.39, 0.29) is 11.2 Å². The second-order valence-corrected chi connectivity index (χ2v) is 16.4. The third-order valence-electron chi connectivity index (χ3n) is 10.6. The highest BCUT2D eigenvalue weighted by molar-refractivity contribution is 5.78. The molecule has 4 aliphatic rings. The van der Waals surface area contributed by atoms with Crippen molar-refractivity contribution in [2.45, 2.75) is 149 Å². The second kappa shape index (κ2) is 12.9. The van der Waals surface area contributed by atoms with Crippen LogP contribution in [0.2, 0.25) is 0 Å². The van der Waals surface area contributed by atoms with E-state index in [1.54, 1.807) is 5.56 Å². The fourth-order valence-corrected chi connectivity index (χ4v) is 8.44. The normalized spacial score (nSPS) is 16.9. The summed E-state index contributed by atoms with van der Waals surface area (Å²) in [6, 6.07) is 2.47. The van der Waals surface area contributed by atoms with Gasteiger partial charge in [0.2, 0.25) is 0 Å². The SMILES string of the molecule is C=C1CCCc2c1nc1c(c2CCCOC(C)(C)C)CCc2cc3c(nc2-1)-c1nc2c(c(CCCOC(C)(C)C)c1CC3)CCCC2. The Balaban J connectivity index is 1.29. The monoisotopic (exact) mass is 633 g/mol. The van der Waals surface area contributed by atoms with E-state index in [9.17, 15) is 0 Å². The Labute approximate surface area is 283 Å². The second-order valence-electron chi connectivity index (χ2n) is 16.4. The van der Waals surface area contributed by atoms with Crippen LogP contribution in [0.1, 0.15) is 136 Å². The van der Waals surface area contributed by atoms with Crippen LogP contribution in [0.15, 0.2) is 12.6 Å². The predicted octanol–water partition coefficient (Wildman–Crippen LogP) is 9.13. The molecule has 7 rings (SSSR count). The molecule has 0 radical (unpaired) electrons. The molecular weight excluding hydrogens is 578 g/mol. The van der Waals surface area contributed by atoms with Gasteiger partial charge in [-0.2, -0.15) is 0 Å². The molecule has 0 saturated carbocycles. The van der Waals surface area contributed by atoms with Crippen LogP contribution in [-0.2, 0) is 67.3 Å². The van der Waals surface area contributed by atoms with Gasteiger partial charge in [-0.3, -0.25) is 4.98 Å². The molecular formula is C42H55N3O2. The summed E-state index contributed by atoms with van der Waals surface area (Å²) in [5.41, 5.74) is 19.5. The number of nitrogens with zero attached hydrogens (tertiary/aromatic N) is 3. The minimum atomic E-state index is -0.114. The van der Waals surface area contributed by atoms with Gasteiger partial charge in [0.25, 0.3) is 0 Å². The Hall–Kier alpha value is -2.89. The summed E-state index contributed by atoms with van der Waals surface area (Å²) in [5, 5.41) is 0. The van der Waals surface area contributed by atoms with Crippen molar-refractivity contribution in [3.05, 3.63) is 68.5 Å². The molecule has 3 aromatic heterocycles. The van der Waals surface area contributed by atoms with Crippen molar-refractivity contribution in [3.63, 3.8) is 0 Å².